The summed E-state index contributed by atoms with van der Waals surface area (Å²) in [5.41, 5.74) is -1.25. The zero-order chi connectivity index (χ0) is 19.6. The van der Waals surface area contributed by atoms with Crippen molar-refractivity contribution < 1.29 is 26.7 Å². The van der Waals surface area contributed by atoms with Crippen LogP contribution in [0.5, 0.6) is 0 Å². The summed E-state index contributed by atoms with van der Waals surface area (Å²) >= 11 is 1.15. The number of fused-ring (bicyclic) bond motifs is 1. The van der Waals surface area contributed by atoms with E-state index in [1.807, 2.05) is 0 Å². The minimum Gasteiger partial charge on any atom is -0.360 e. The number of benzene rings is 2. The molecule has 0 bridgehead atoms. The van der Waals surface area contributed by atoms with E-state index in [0.29, 0.717) is 9.83 Å². The van der Waals surface area contributed by atoms with Crippen LogP contribution in [-0.2, 0) is 6.18 Å². The minimum atomic E-state index is -4.45. The molecular formula is C17H12F5N3OS. The van der Waals surface area contributed by atoms with Gasteiger partial charge in [-0.1, -0.05) is 17.4 Å². The summed E-state index contributed by atoms with van der Waals surface area (Å²) in [6, 6.07) is 6.39. The predicted octanol–water partition coefficient (Wildman–Crippen LogP) is 4.44. The number of nitrogens with one attached hydrogen (secondary N) is 2. The molecule has 0 spiro atoms. The lowest BCUT2D eigenvalue weighted by Crippen LogP contribution is -2.30. The van der Waals surface area contributed by atoms with Gasteiger partial charge < -0.3 is 10.6 Å². The summed E-state index contributed by atoms with van der Waals surface area (Å²) < 4.78 is 65.7. The number of hydrogen-bond acceptors (Lipinski definition) is 4. The molecule has 0 saturated carbocycles. The maximum atomic E-state index is 13.5. The average Bonchev–Trinajstić information content (AvgIpc) is 2.99. The monoisotopic (exact) mass is 401 g/mol. The van der Waals surface area contributed by atoms with Gasteiger partial charge in [0.15, 0.2) is 5.13 Å². The minimum absolute atomic E-state index is 0.0380. The molecule has 0 aliphatic heterocycles. The highest BCUT2D eigenvalue weighted by Gasteiger charge is 2.30. The second-order valence-electron chi connectivity index (χ2n) is 5.48. The molecule has 4 nitrogen and oxygen atoms in total. The smallest absolute Gasteiger partial charge is 0.360 e. The second kappa shape index (κ2) is 7.47. The summed E-state index contributed by atoms with van der Waals surface area (Å²) in [6.07, 6.45) is -4.45. The van der Waals surface area contributed by atoms with Gasteiger partial charge in [-0.25, -0.2) is 13.8 Å². The number of rotatable bonds is 5. The number of nitrogens with zero attached hydrogens (tertiary/aromatic N) is 1. The molecule has 0 atom stereocenters. The molecule has 10 heteroatoms. The molecule has 2 aromatic carbocycles. The van der Waals surface area contributed by atoms with Crippen molar-refractivity contribution in [3.8, 4) is 0 Å². The predicted molar refractivity (Wildman–Crippen MR) is 91.8 cm³/mol. The molecule has 0 aliphatic carbocycles. The van der Waals surface area contributed by atoms with E-state index in [-0.39, 0.29) is 18.6 Å². The molecule has 0 saturated heterocycles. The number of aromatic nitrogens is 1. The van der Waals surface area contributed by atoms with Gasteiger partial charge >= 0.3 is 6.18 Å². The Hall–Kier alpha value is -2.75. The van der Waals surface area contributed by atoms with E-state index in [1.165, 1.54) is 6.07 Å². The zero-order valence-electron chi connectivity index (χ0n) is 13.5. The molecule has 27 heavy (non-hydrogen) atoms. The van der Waals surface area contributed by atoms with Crippen LogP contribution in [0.4, 0.5) is 27.1 Å². The maximum Gasteiger partial charge on any atom is 0.416 e. The average molecular weight is 401 g/mol. The van der Waals surface area contributed by atoms with Crippen LogP contribution >= 0.6 is 11.3 Å². The lowest BCUT2D eigenvalue weighted by molar-refractivity contribution is -0.137. The van der Waals surface area contributed by atoms with E-state index in [1.54, 1.807) is 0 Å². The van der Waals surface area contributed by atoms with Crippen LogP contribution in [0.3, 0.4) is 0 Å². The van der Waals surface area contributed by atoms with Gasteiger partial charge in [0, 0.05) is 13.1 Å². The third-order valence-electron chi connectivity index (χ3n) is 3.59. The van der Waals surface area contributed by atoms with Crippen molar-refractivity contribution in [3.63, 3.8) is 0 Å². The fraction of sp³-hybridized carbons (Fsp3) is 0.176. The lowest BCUT2D eigenvalue weighted by Gasteiger charge is -2.07. The Labute approximate surface area is 154 Å². The number of halogens is 5. The van der Waals surface area contributed by atoms with Gasteiger partial charge in [0.1, 0.15) is 17.2 Å². The van der Waals surface area contributed by atoms with Crippen LogP contribution in [0.15, 0.2) is 36.4 Å². The topological polar surface area (TPSA) is 54.0 Å². The summed E-state index contributed by atoms with van der Waals surface area (Å²) in [7, 11) is 0. The van der Waals surface area contributed by atoms with E-state index >= 15 is 0 Å². The largest absolute Gasteiger partial charge is 0.416 e. The van der Waals surface area contributed by atoms with Crippen molar-refractivity contribution in [2.24, 2.45) is 0 Å². The van der Waals surface area contributed by atoms with Gasteiger partial charge in [-0.2, -0.15) is 13.2 Å². The van der Waals surface area contributed by atoms with Crippen LogP contribution in [0.25, 0.3) is 10.2 Å². The molecule has 1 aromatic heterocycles. The van der Waals surface area contributed by atoms with Gasteiger partial charge in [-0.05, 0) is 30.3 Å². The maximum absolute atomic E-state index is 13.5. The zero-order valence-corrected chi connectivity index (χ0v) is 14.3. The number of carbonyl (C=O) groups is 1. The Morgan fingerprint density at radius 1 is 1.07 bits per heavy atom. The molecule has 3 rings (SSSR count). The summed E-state index contributed by atoms with van der Waals surface area (Å²) in [5.74, 6) is -2.83. The van der Waals surface area contributed by atoms with Gasteiger partial charge in [0.2, 0.25) is 0 Å². The van der Waals surface area contributed by atoms with E-state index in [4.69, 9.17) is 0 Å². The van der Waals surface area contributed by atoms with Crippen LogP contribution in [0.1, 0.15) is 15.9 Å². The number of anilines is 1. The van der Waals surface area contributed by atoms with Crippen molar-refractivity contribution in [3.05, 3.63) is 59.2 Å². The normalized spacial score (nSPS) is 11.6. The van der Waals surface area contributed by atoms with E-state index in [9.17, 15) is 26.7 Å². The quantitative estimate of drug-likeness (QED) is 0.491. The van der Waals surface area contributed by atoms with Gasteiger partial charge in [0.25, 0.3) is 5.91 Å². The highest BCUT2D eigenvalue weighted by atomic mass is 32.1. The Morgan fingerprint density at radius 3 is 2.44 bits per heavy atom. The first-order chi connectivity index (χ1) is 12.8. The first-order valence-electron chi connectivity index (χ1n) is 7.69. The highest BCUT2D eigenvalue weighted by molar-refractivity contribution is 7.22. The number of amides is 1. The summed E-state index contributed by atoms with van der Waals surface area (Å²) in [4.78, 5) is 15.9. The van der Waals surface area contributed by atoms with Crippen molar-refractivity contribution >= 4 is 32.6 Å². The van der Waals surface area contributed by atoms with Crippen LogP contribution in [0, 0.1) is 11.6 Å². The standard InChI is InChI=1S/C17H12F5N3OS/c18-10-2-1-3-11(19)14(10)15(26)23-6-7-24-16-25-12-8-9(17(20,21)22)4-5-13(12)27-16/h1-5,8H,6-7H2,(H,23,26)(H,24,25). The molecule has 1 heterocycles. The first-order valence-corrected chi connectivity index (χ1v) is 8.51. The number of alkyl halides is 3. The van der Waals surface area contributed by atoms with E-state index < -0.39 is 34.8 Å². The van der Waals surface area contributed by atoms with E-state index in [2.05, 4.69) is 15.6 Å². The van der Waals surface area contributed by atoms with Gasteiger partial charge in [0.05, 0.1) is 15.8 Å². The molecule has 2 N–H and O–H groups in total. The third-order valence-corrected chi connectivity index (χ3v) is 4.59. The first kappa shape index (κ1) is 19.0. The summed E-state index contributed by atoms with van der Waals surface area (Å²) in [6.45, 7) is 0.212. The van der Waals surface area contributed by atoms with Crippen molar-refractivity contribution in [1.29, 1.82) is 0 Å². The molecule has 0 radical (unpaired) electrons. The second-order valence-corrected chi connectivity index (χ2v) is 6.51. The Bertz CT molecular complexity index is 966. The summed E-state index contributed by atoms with van der Waals surface area (Å²) in [5, 5.41) is 5.58. The Morgan fingerprint density at radius 2 is 1.78 bits per heavy atom. The van der Waals surface area contributed by atoms with Crippen molar-refractivity contribution in [2.75, 3.05) is 18.4 Å². The molecule has 0 aliphatic rings. The van der Waals surface area contributed by atoms with Gasteiger partial charge in [-0.3, -0.25) is 4.79 Å². The Kier molecular flexibility index (Phi) is 5.26. The molecule has 142 valence electrons. The number of thiazole rings is 1. The molecule has 3 aromatic rings. The number of carbonyl (C=O) groups excluding carboxylic acids is 1. The lowest BCUT2D eigenvalue weighted by atomic mass is 10.2. The Balaban J connectivity index is 1.58. The van der Waals surface area contributed by atoms with Crippen LogP contribution < -0.4 is 10.6 Å². The molecule has 0 fully saturated rings. The fourth-order valence-corrected chi connectivity index (χ4v) is 3.20. The van der Waals surface area contributed by atoms with Crippen molar-refractivity contribution in [2.45, 2.75) is 6.18 Å². The molecular weight excluding hydrogens is 389 g/mol. The number of hydrogen-bond donors (Lipinski definition) is 2. The highest BCUT2D eigenvalue weighted by Crippen LogP contribution is 2.33. The van der Waals surface area contributed by atoms with Crippen LogP contribution in [0.2, 0.25) is 0 Å². The van der Waals surface area contributed by atoms with Crippen molar-refractivity contribution in [1.82, 2.24) is 10.3 Å². The van der Waals surface area contributed by atoms with E-state index in [0.717, 1.165) is 41.7 Å². The van der Waals surface area contributed by atoms with Crippen LogP contribution in [-0.4, -0.2) is 24.0 Å². The SMILES string of the molecule is O=C(NCCNc1nc2cc(C(F)(F)F)ccc2s1)c1c(F)cccc1F. The van der Waals surface area contributed by atoms with Gasteiger partial charge in [-0.15, -0.1) is 0 Å². The third kappa shape index (κ3) is 4.33. The molecule has 0 unspecified atom stereocenters. The molecule has 1 amide bonds. The fourth-order valence-electron chi connectivity index (χ4n) is 2.33.